The maximum absolute atomic E-state index is 13.5. The fraction of sp³-hybridized carbons (Fsp3) is 0.974. The molecule has 0 aromatic heterocycles. The molecule has 5 N–H and O–H groups in total. The molecule has 2 amide bonds. The molecule has 0 aromatic carbocycles. The Morgan fingerprint density at radius 3 is 0.744 bits per heavy atom. The van der Waals surface area contributed by atoms with E-state index in [1.165, 1.54) is 295 Å². The third-order valence-electron chi connectivity index (χ3n) is 19.4. The molecule has 0 bridgehead atoms. The van der Waals surface area contributed by atoms with E-state index in [1.54, 1.807) is 0 Å². The van der Waals surface area contributed by atoms with Gasteiger partial charge in [-0.25, -0.2) is 0 Å². The van der Waals surface area contributed by atoms with Gasteiger partial charge in [0.1, 0.15) is 12.1 Å². The number of carbonyl (C=O) groups excluding carboxylic acids is 2. The Kier molecular flexibility index (Phi) is 61.5. The summed E-state index contributed by atoms with van der Waals surface area (Å²) in [4.78, 5) is 31.7. The Hall–Kier alpha value is -1.26. The minimum absolute atomic E-state index is 0.0659. The molecule has 6 atom stereocenters. The third kappa shape index (κ3) is 54.5. The predicted molar refractivity (Wildman–Crippen MR) is 374 cm³/mol. The van der Waals surface area contributed by atoms with Gasteiger partial charge in [-0.2, -0.15) is 0 Å². The van der Waals surface area contributed by atoms with Crippen LogP contribution < -0.4 is 10.6 Å². The number of amides is 2. The number of nitrogens with one attached hydrogen (secondary N) is 2. The summed E-state index contributed by atoms with van der Waals surface area (Å²) in [6, 6.07) is -1.02. The number of hydrogen-bond acceptors (Lipinski definition) is 7. The van der Waals surface area contributed by atoms with Gasteiger partial charge in [-0.3, -0.25) is 14.5 Å². The monoisotopic (exact) mass is 1220 g/mol. The van der Waals surface area contributed by atoms with E-state index >= 15 is 0 Å². The summed E-state index contributed by atoms with van der Waals surface area (Å²) in [5.74, 6) is 0.446. The lowest BCUT2D eigenvalue weighted by atomic mass is 9.99. The second kappa shape index (κ2) is 63.9. The summed E-state index contributed by atoms with van der Waals surface area (Å²) in [7, 11) is 0. The van der Waals surface area contributed by atoms with Crippen LogP contribution in [-0.4, -0.2) is 107 Å². The molecular weight excluding hydrogens is 1060 g/mol. The Morgan fingerprint density at radius 1 is 0.291 bits per heavy atom. The van der Waals surface area contributed by atoms with E-state index in [9.17, 15) is 24.9 Å². The van der Waals surface area contributed by atoms with Crippen LogP contribution in [0.3, 0.4) is 0 Å². The van der Waals surface area contributed by atoms with E-state index in [4.69, 9.17) is 0 Å². The Morgan fingerprint density at radius 2 is 0.500 bits per heavy atom. The van der Waals surface area contributed by atoms with Gasteiger partial charge in [0, 0.05) is 26.2 Å². The maximum Gasteiger partial charge on any atom is 0.243 e. The number of unbranched alkanes of at least 4 members (excludes halogenated alkanes) is 46. The van der Waals surface area contributed by atoms with Crippen molar-refractivity contribution in [3.05, 3.63) is 0 Å². The van der Waals surface area contributed by atoms with Gasteiger partial charge in [-0.15, -0.1) is 0 Å². The largest absolute Gasteiger partial charge is 0.392 e. The van der Waals surface area contributed by atoms with Crippen LogP contribution in [0.25, 0.3) is 0 Å². The molecule has 86 heavy (non-hydrogen) atoms. The van der Waals surface area contributed by atoms with Crippen molar-refractivity contribution < 1.29 is 24.9 Å². The second-order valence-electron chi connectivity index (χ2n) is 28.4. The molecule has 0 radical (unpaired) electrons. The Labute approximate surface area is 537 Å². The highest BCUT2D eigenvalue weighted by molar-refractivity contribution is 5.96. The zero-order valence-corrected chi connectivity index (χ0v) is 58.8. The average molecular weight is 1220 g/mol. The van der Waals surface area contributed by atoms with Gasteiger partial charge in [0.25, 0.3) is 0 Å². The zero-order chi connectivity index (χ0) is 62.4. The van der Waals surface area contributed by atoms with E-state index in [-0.39, 0.29) is 17.9 Å². The van der Waals surface area contributed by atoms with Gasteiger partial charge in [-0.05, 0) is 83.2 Å². The normalized spacial score (nSPS) is 16.1. The van der Waals surface area contributed by atoms with Crippen LogP contribution in [0.15, 0.2) is 0 Å². The van der Waals surface area contributed by atoms with Crippen molar-refractivity contribution in [1.29, 1.82) is 0 Å². The van der Waals surface area contributed by atoms with Crippen molar-refractivity contribution in [3.8, 4) is 0 Å². The summed E-state index contributed by atoms with van der Waals surface area (Å²) in [6.45, 7) is 16.1. The van der Waals surface area contributed by atoms with E-state index in [0.29, 0.717) is 31.8 Å². The number of aliphatic hydroxyl groups is 3. The summed E-state index contributed by atoms with van der Waals surface area (Å²) in [5, 5.41) is 40.0. The smallest absolute Gasteiger partial charge is 0.243 e. The first-order valence-corrected chi connectivity index (χ1v) is 39.2. The quantitative estimate of drug-likeness (QED) is 0.0384. The average Bonchev–Trinajstić information content (AvgIpc) is 3.33. The van der Waals surface area contributed by atoms with Crippen molar-refractivity contribution in [2.75, 3.05) is 39.3 Å². The third-order valence-corrected chi connectivity index (χ3v) is 19.4. The van der Waals surface area contributed by atoms with Crippen LogP contribution in [0.1, 0.15) is 407 Å². The molecule has 1 aliphatic heterocycles. The molecular formula is C77H154N4O5. The van der Waals surface area contributed by atoms with Gasteiger partial charge < -0.3 is 30.9 Å². The molecule has 1 aliphatic rings. The zero-order valence-electron chi connectivity index (χ0n) is 58.8. The van der Waals surface area contributed by atoms with Crippen molar-refractivity contribution in [3.63, 3.8) is 0 Å². The van der Waals surface area contributed by atoms with Crippen LogP contribution in [0.5, 0.6) is 0 Å². The maximum atomic E-state index is 13.5. The van der Waals surface area contributed by atoms with Gasteiger partial charge >= 0.3 is 0 Å². The van der Waals surface area contributed by atoms with E-state index in [2.05, 4.69) is 55.1 Å². The van der Waals surface area contributed by atoms with Gasteiger partial charge in [0.2, 0.25) is 11.8 Å². The van der Waals surface area contributed by atoms with Crippen molar-refractivity contribution >= 4 is 11.8 Å². The highest BCUT2D eigenvalue weighted by Crippen LogP contribution is 2.21. The molecule has 0 spiro atoms. The standard InChI is InChI=1S/C77H154N4O5/c1-6-10-14-18-22-26-30-34-38-42-46-50-58-70(5)66-80(67-71(82)59-51-47-43-39-35-31-27-23-19-15-11-7-2)64-56-54-62-74-76(85)79-75(77(86)78-74)63-55-57-65-81(68-72(83)60-52-48-44-40-36-32-28-24-20-16-12-8-3)69-73(84)61-53-49-45-41-37-33-29-25-21-17-13-9-4/h70-75,82-84H,6-69H2,1-5H3,(H,78,86)(H,79,85). The predicted octanol–water partition coefficient (Wildman–Crippen LogP) is 21.0. The fourth-order valence-electron chi connectivity index (χ4n) is 13.7. The first kappa shape index (κ1) is 82.8. The summed E-state index contributed by atoms with van der Waals surface area (Å²) in [6.07, 6.45) is 71.1. The first-order chi connectivity index (χ1) is 42.1. The van der Waals surface area contributed by atoms with Gasteiger partial charge in [-0.1, -0.05) is 343 Å². The molecule has 0 saturated carbocycles. The first-order valence-electron chi connectivity index (χ1n) is 39.2. The minimum Gasteiger partial charge on any atom is -0.392 e. The molecule has 6 unspecified atom stereocenters. The minimum atomic E-state index is -0.520. The van der Waals surface area contributed by atoms with Crippen molar-refractivity contribution in [1.82, 2.24) is 20.4 Å². The van der Waals surface area contributed by atoms with Crippen LogP contribution in [0, 0.1) is 5.92 Å². The molecule has 1 heterocycles. The number of hydrogen-bond donors (Lipinski definition) is 5. The highest BCUT2D eigenvalue weighted by atomic mass is 16.3. The lowest BCUT2D eigenvalue weighted by Crippen LogP contribution is -2.61. The van der Waals surface area contributed by atoms with E-state index in [1.807, 2.05) is 0 Å². The molecule has 9 nitrogen and oxygen atoms in total. The van der Waals surface area contributed by atoms with Crippen molar-refractivity contribution in [2.45, 2.75) is 437 Å². The van der Waals surface area contributed by atoms with Crippen LogP contribution in [-0.2, 0) is 9.59 Å². The number of aliphatic hydroxyl groups excluding tert-OH is 3. The summed E-state index contributed by atoms with van der Waals surface area (Å²) < 4.78 is 0. The Bertz CT molecular complexity index is 1230. The number of nitrogens with zero attached hydrogens (tertiary/aromatic N) is 2. The molecule has 1 rings (SSSR count). The van der Waals surface area contributed by atoms with Crippen molar-refractivity contribution in [2.24, 2.45) is 5.92 Å². The van der Waals surface area contributed by atoms with Gasteiger partial charge in [0.15, 0.2) is 0 Å². The molecule has 0 aliphatic carbocycles. The number of carbonyl (C=O) groups is 2. The molecule has 9 heteroatoms. The van der Waals surface area contributed by atoms with Crippen LogP contribution >= 0.6 is 0 Å². The topological polar surface area (TPSA) is 125 Å². The number of rotatable bonds is 70. The van der Waals surface area contributed by atoms with Gasteiger partial charge in [0.05, 0.1) is 18.3 Å². The summed E-state index contributed by atoms with van der Waals surface area (Å²) >= 11 is 0. The highest BCUT2D eigenvalue weighted by Gasteiger charge is 2.33. The summed E-state index contributed by atoms with van der Waals surface area (Å²) in [5.41, 5.74) is 0. The Balaban J connectivity index is 2.62. The molecule has 1 saturated heterocycles. The van der Waals surface area contributed by atoms with Crippen LogP contribution in [0.2, 0.25) is 0 Å². The molecule has 1 fully saturated rings. The van der Waals surface area contributed by atoms with E-state index in [0.717, 1.165) is 90.4 Å². The fourth-order valence-corrected chi connectivity index (χ4v) is 13.7. The molecule has 512 valence electrons. The lowest BCUT2D eigenvalue weighted by molar-refractivity contribution is -0.137. The van der Waals surface area contributed by atoms with Crippen LogP contribution in [0.4, 0.5) is 0 Å². The lowest BCUT2D eigenvalue weighted by Gasteiger charge is -2.31. The van der Waals surface area contributed by atoms with E-state index < -0.39 is 24.3 Å². The SMILES string of the molecule is CCCCCCCCCCCCCCC(C)CN(CCCCC1NC(=O)C(CCCCN(CC(O)CCCCCCCCCCCCCC)CC(O)CCCCCCCCCCCCCC)NC1=O)CC(O)CCCCCCCCCCCCCC. The number of piperazine rings is 1. The second-order valence-corrected chi connectivity index (χ2v) is 28.4. The molecule has 0 aromatic rings.